The van der Waals surface area contributed by atoms with Gasteiger partial charge in [-0.25, -0.2) is 0 Å². The standard InChI is InChI=1S/C16H15N3O3/c1-19(2)12-7-5-11(6-8-12)16(20)17-15-10-13(18-22-15)14-4-3-9-21-14/h3-10H,1-2H3,(H,17,20). The molecule has 0 atom stereocenters. The zero-order valence-corrected chi connectivity index (χ0v) is 12.2. The van der Waals surface area contributed by atoms with Crippen molar-refractivity contribution in [3.8, 4) is 11.5 Å². The molecule has 22 heavy (non-hydrogen) atoms. The van der Waals surface area contributed by atoms with Crippen LogP contribution >= 0.6 is 0 Å². The summed E-state index contributed by atoms with van der Waals surface area (Å²) in [5.74, 6) is 0.597. The minimum absolute atomic E-state index is 0.257. The van der Waals surface area contributed by atoms with E-state index in [1.807, 2.05) is 31.1 Å². The maximum Gasteiger partial charge on any atom is 0.258 e. The Bertz CT molecular complexity index is 758. The van der Waals surface area contributed by atoms with Gasteiger partial charge < -0.3 is 13.8 Å². The van der Waals surface area contributed by atoms with Crippen molar-refractivity contribution in [2.75, 3.05) is 24.3 Å². The molecule has 3 rings (SSSR count). The molecule has 0 saturated heterocycles. The van der Waals surface area contributed by atoms with Crippen LogP contribution in [0.1, 0.15) is 10.4 Å². The molecule has 3 aromatic rings. The molecule has 1 N–H and O–H groups in total. The summed E-state index contributed by atoms with van der Waals surface area (Å²) in [5, 5.41) is 6.52. The highest BCUT2D eigenvalue weighted by Gasteiger charge is 2.12. The maximum absolute atomic E-state index is 12.2. The molecule has 0 aliphatic heterocycles. The van der Waals surface area contributed by atoms with Crippen LogP contribution in [0.2, 0.25) is 0 Å². The minimum atomic E-state index is -0.257. The Morgan fingerprint density at radius 1 is 1.18 bits per heavy atom. The zero-order valence-electron chi connectivity index (χ0n) is 12.2. The van der Waals surface area contributed by atoms with Gasteiger partial charge in [0.05, 0.1) is 6.26 Å². The van der Waals surface area contributed by atoms with Crippen molar-refractivity contribution in [2.45, 2.75) is 0 Å². The van der Waals surface area contributed by atoms with Gasteiger partial charge in [-0.1, -0.05) is 5.16 Å². The van der Waals surface area contributed by atoms with E-state index in [0.717, 1.165) is 5.69 Å². The Morgan fingerprint density at radius 2 is 1.95 bits per heavy atom. The molecular weight excluding hydrogens is 282 g/mol. The lowest BCUT2D eigenvalue weighted by Crippen LogP contribution is -2.12. The van der Waals surface area contributed by atoms with Gasteiger partial charge in [0, 0.05) is 31.4 Å². The summed E-state index contributed by atoms with van der Waals surface area (Å²) >= 11 is 0. The van der Waals surface area contributed by atoms with Gasteiger partial charge in [0.2, 0.25) is 5.88 Å². The highest BCUT2D eigenvalue weighted by Crippen LogP contribution is 2.22. The van der Waals surface area contributed by atoms with Crippen LogP contribution in [0.5, 0.6) is 0 Å². The normalized spacial score (nSPS) is 10.5. The lowest BCUT2D eigenvalue weighted by atomic mass is 10.2. The van der Waals surface area contributed by atoms with Crippen LogP contribution in [0.15, 0.2) is 57.7 Å². The monoisotopic (exact) mass is 297 g/mol. The number of carbonyl (C=O) groups is 1. The molecule has 2 heterocycles. The molecule has 6 nitrogen and oxygen atoms in total. The molecule has 2 aromatic heterocycles. The van der Waals surface area contributed by atoms with Crippen molar-refractivity contribution in [2.24, 2.45) is 0 Å². The summed E-state index contributed by atoms with van der Waals surface area (Å²) in [7, 11) is 3.89. The van der Waals surface area contributed by atoms with Gasteiger partial charge in [0.15, 0.2) is 11.5 Å². The van der Waals surface area contributed by atoms with E-state index < -0.39 is 0 Å². The Kier molecular flexibility index (Phi) is 3.65. The molecule has 112 valence electrons. The summed E-state index contributed by atoms with van der Waals surface area (Å²) in [5.41, 5.74) is 2.10. The van der Waals surface area contributed by atoms with Crippen molar-refractivity contribution in [1.82, 2.24) is 5.16 Å². The highest BCUT2D eigenvalue weighted by molar-refractivity contribution is 6.03. The maximum atomic E-state index is 12.2. The second-order valence-electron chi connectivity index (χ2n) is 4.95. The number of carbonyl (C=O) groups excluding carboxylic acids is 1. The Labute approximate surface area is 127 Å². The van der Waals surface area contributed by atoms with E-state index in [1.165, 1.54) is 0 Å². The van der Waals surface area contributed by atoms with Crippen LogP contribution < -0.4 is 10.2 Å². The Balaban J connectivity index is 1.71. The number of amides is 1. The van der Waals surface area contributed by atoms with E-state index in [9.17, 15) is 4.79 Å². The van der Waals surface area contributed by atoms with E-state index in [0.29, 0.717) is 17.0 Å². The third-order valence-electron chi connectivity index (χ3n) is 3.17. The first-order chi connectivity index (χ1) is 10.6. The van der Waals surface area contributed by atoms with E-state index in [-0.39, 0.29) is 11.8 Å². The van der Waals surface area contributed by atoms with Gasteiger partial charge in [-0.15, -0.1) is 0 Å². The molecule has 1 aromatic carbocycles. The van der Waals surface area contributed by atoms with Crippen molar-refractivity contribution in [3.05, 3.63) is 54.3 Å². The second-order valence-corrected chi connectivity index (χ2v) is 4.95. The first kappa shape index (κ1) is 13.9. The Hall–Kier alpha value is -3.02. The summed E-state index contributed by atoms with van der Waals surface area (Å²) in [6.45, 7) is 0. The number of nitrogens with one attached hydrogen (secondary N) is 1. The minimum Gasteiger partial charge on any atom is -0.463 e. The predicted octanol–water partition coefficient (Wildman–Crippen LogP) is 3.25. The Morgan fingerprint density at radius 3 is 2.59 bits per heavy atom. The summed E-state index contributed by atoms with van der Waals surface area (Å²) in [4.78, 5) is 14.1. The molecule has 0 fully saturated rings. The second kappa shape index (κ2) is 5.77. The average molecular weight is 297 g/mol. The van der Waals surface area contributed by atoms with Crippen molar-refractivity contribution in [3.63, 3.8) is 0 Å². The van der Waals surface area contributed by atoms with Crippen molar-refractivity contribution < 1.29 is 13.7 Å². The fourth-order valence-corrected chi connectivity index (χ4v) is 1.97. The van der Waals surface area contributed by atoms with Crippen LogP contribution in [-0.2, 0) is 0 Å². The number of hydrogen-bond acceptors (Lipinski definition) is 5. The SMILES string of the molecule is CN(C)c1ccc(C(=O)Nc2cc(-c3ccco3)no2)cc1. The smallest absolute Gasteiger partial charge is 0.258 e. The lowest BCUT2D eigenvalue weighted by molar-refractivity contribution is 0.102. The fraction of sp³-hybridized carbons (Fsp3) is 0.125. The number of rotatable bonds is 4. The summed E-state index contributed by atoms with van der Waals surface area (Å²) in [6.07, 6.45) is 1.55. The summed E-state index contributed by atoms with van der Waals surface area (Å²) < 4.78 is 10.3. The third-order valence-corrected chi connectivity index (χ3v) is 3.17. The average Bonchev–Trinajstić information content (AvgIpc) is 3.18. The van der Waals surface area contributed by atoms with Crippen LogP contribution in [0.25, 0.3) is 11.5 Å². The highest BCUT2D eigenvalue weighted by atomic mass is 16.5. The molecule has 0 radical (unpaired) electrons. The number of hydrogen-bond donors (Lipinski definition) is 1. The molecule has 0 aliphatic rings. The summed E-state index contributed by atoms with van der Waals surface area (Å²) in [6, 6.07) is 12.4. The first-order valence-electron chi connectivity index (χ1n) is 6.73. The fourth-order valence-electron chi connectivity index (χ4n) is 1.97. The number of anilines is 2. The number of nitrogens with zero attached hydrogens (tertiary/aromatic N) is 2. The van der Waals surface area contributed by atoms with E-state index in [1.54, 1.807) is 36.6 Å². The lowest BCUT2D eigenvalue weighted by Gasteiger charge is -2.12. The van der Waals surface area contributed by atoms with Crippen molar-refractivity contribution in [1.29, 1.82) is 0 Å². The molecule has 0 unspecified atom stereocenters. The van der Waals surface area contributed by atoms with Crippen molar-refractivity contribution >= 4 is 17.5 Å². The third kappa shape index (κ3) is 2.85. The molecule has 6 heteroatoms. The number of furan rings is 1. The molecule has 0 aliphatic carbocycles. The quantitative estimate of drug-likeness (QED) is 0.800. The molecule has 0 spiro atoms. The largest absolute Gasteiger partial charge is 0.463 e. The van der Waals surface area contributed by atoms with Gasteiger partial charge in [-0.05, 0) is 36.4 Å². The zero-order chi connectivity index (χ0) is 15.5. The van der Waals surface area contributed by atoms with Gasteiger partial charge >= 0.3 is 0 Å². The van der Waals surface area contributed by atoms with Crippen LogP contribution in [-0.4, -0.2) is 25.2 Å². The van der Waals surface area contributed by atoms with E-state index >= 15 is 0 Å². The molecule has 0 saturated carbocycles. The molecule has 1 amide bonds. The van der Waals surface area contributed by atoms with Crippen LogP contribution in [0.3, 0.4) is 0 Å². The van der Waals surface area contributed by atoms with Crippen LogP contribution in [0.4, 0.5) is 11.6 Å². The van der Waals surface area contributed by atoms with Gasteiger partial charge in [-0.2, -0.15) is 0 Å². The van der Waals surface area contributed by atoms with Gasteiger partial charge in [0.25, 0.3) is 5.91 Å². The molecular formula is C16H15N3O3. The van der Waals surface area contributed by atoms with Gasteiger partial charge in [-0.3, -0.25) is 10.1 Å². The van der Waals surface area contributed by atoms with Crippen LogP contribution in [0, 0.1) is 0 Å². The molecule has 0 bridgehead atoms. The first-order valence-corrected chi connectivity index (χ1v) is 6.73. The van der Waals surface area contributed by atoms with E-state index in [2.05, 4.69) is 10.5 Å². The number of aromatic nitrogens is 1. The predicted molar refractivity (Wildman–Crippen MR) is 82.9 cm³/mol. The van der Waals surface area contributed by atoms with Gasteiger partial charge in [0.1, 0.15) is 0 Å². The van der Waals surface area contributed by atoms with E-state index in [4.69, 9.17) is 8.94 Å². The number of benzene rings is 1. The topological polar surface area (TPSA) is 71.5 Å².